The van der Waals surface area contributed by atoms with Crippen LogP contribution in [0.15, 0.2) is 60.7 Å². The van der Waals surface area contributed by atoms with E-state index in [2.05, 4.69) is 58.5 Å². The molecule has 0 saturated heterocycles. The first-order chi connectivity index (χ1) is 15.1. The van der Waals surface area contributed by atoms with Gasteiger partial charge < -0.3 is 14.9 Å². The quantitative estimate of drug-likeness (QED) is 0.427. The number of hydrogen-bond donors (Lipinski definition) is 1. The molecule has 0 aliphatic heterocycles. The molecular weight excluding hydrogens is 384 g/mol. The number of aromatic nitrogens is 3. The standard InChI is InChI=1S/C26H24N4O/c1-2-29-22-6-4-3-5-19(22)20-13-18(10-11-23(20)29)26-28-21-14-17(25(27)31)9-12-24(21)30(26)15-16-7-8-16/h3-6,9-14,16H,2,7-8,15H2,1H3,(H2,27,31). The van der Waals surface area contributed by atoms with Gasteiger partial charge in [-0.1, -0.05) is 18.2 Å². The summed E-state index contributed by atoms with van der Waals surface area (Å²) in [6, 6.07) is 20.8. The van der Waals surface area contributed by atoms with Crippen LogP contribution in [0.4, 0.5) is 0 Å². The lowest BCUT2D eigenvalue weighted by atomic mass is 10.1. The van der Waals surface area contributed by atoms with Crippen LogP contribution in [0.5, 0.6) is 0 Å². The number of fused-ring (bicyclic) bond motifs is 4. The Kier molecular flexibility index (Phi) is 3.93. The van der Waals surface area contributed by atoms with Crippen LogP contribution in [0.25, 0.3) is 44.2 Å². The van der Waals surface area contributed by atoms with E-state index in [9.17, 15) is 4.79 Å². The van der Waals surface area contributed by atoms with Gasteiger partial charge >= 0.3 is 0 Å². The minimum atomic E-state index is -0.422. The van der Waals surface area contributed by atoms with Gasteiger partial charge in [-0.05, 0) is 68.1 Å². The molecule has 154 valence electrons. The SMILES string of the molecule is CCn1c2ccccc2c2cc(-c3nc4cc(C(N)=O)ccc4n3CC3CC3)ccc21. The zero-order chi connectivity index (χ0) is 21.1. The van der Waals surface area contributed by atoms with Crippen molar-refractivity contribution in [3.63, 3.8) is 0 Å². The molecule has 1 aliphatic rings. The van der Waals surface area contributed by atoms with Gasteiger partial charge in [-0.25, -0.2) is 4.98 Å². The molecule has 1 aliphatic carbocycles. The molecule has 31 heavy (non-hydrogen) atoms. The highest BCUT2D eigenvalue weighted by atomic mass is 16.1. The van der Waals surface area contributed by atoms with E-state index in [0.29, 0.717) is 11.5 Å². The molecule has 5 aromatic rings. The lowest BCUT2D eigenvalue weighted by Crippen LogP contribution is -2.10. The zero-order valence-corrected chi connectivity index (χ0v) is 17.5. The number of nitrogens with two attached hydrogens (primary N) is 1. The van der Waals surface area contributed by atoms with Gasteiger partial charge in [0.25, 0.3) is 0 Å². The van der Waals surface area contributed by atoms with Crippen LogP contribution in [0, 0.1) is 5.92 Å². The van der Waals surface area contributed by atoms with Gasteiger partial charge in [0.05, 0.1) is 11.0 Å². The maximum atomic E-state index is 11.7. The number of amides is 1. The number of imidazole rings is 1. The largest absolute Gasteiger partial charge is 0.366 e. The van der Waals surface area contributed by atoms with Gasteiger partial charge in [-0.3, -0.25) is 4.79 Å². The first kappa shape index (κ1) is 18.2. The summed E-state index contributed by atoms with van der Waals surface area (Å²) in [6.45, 7) is 4.07. The van der Waals surface area contributed by atoms with Crippen LogP contribution >= 0.6 is 0 Å². The van der Waals surface area contributed by atoms with E-state index in [1.165, 1.54) is 34.6 Å². The Morgan fingerprint density at radius 3 is 2.52 bits per heavy atom. The summed E-state index contributed by atoms with van der Waals surface area (Å²) in [5.41, 5.74) is 11.5. The fraction of sp³-hybridized carbons (Fsp3) is 0.231. The maximum Gasteiger partial charge on any atom is 0.248 e. The van der Waals surface area contributed by atoms with Gasteiger partial charge in [0.1, 0.15) is 5.82 Å². The van der Waals surface area contributed by atoms with E-state index in [4.69, 9.17) is 10.7 Å². The minimum absolute atomic E-state index is 0.422. The molecule has 0 unspecified atom stereocenters. The second-order valence-electron chi connectivity index (χ2n) is 8.55. The third-order valence-corrected chi connectivity index (χ3v) is 6.52. The topological polar surface area (TPSA) is 65.8 Å². The Hall–Kier alpha value is -3.60. The van der Waals surface area contributed by atoms with Crippen LogP contribution in [0.1, 0.15) is 30.1 Å². The smallest absolute Gasteiger partial charge is 0.248 e. The molecule has 0 bridgehead atoms. The monoisotopic (exact) mass is 408 g/mol. The number of para-hydroxylation sites is 1. The summed E-state index contributed by atoms with van der Waals surface area (Å²) in [7, 11) is 0. The minimum Gasteiger partial charge on any atom is -0.366 e. The van der Waals surface area contributed by atoms with Crippen LogP contribution in [0.3, 0.4) is 0 Å². The van der Waals surface area contributed by atoms with Crippen molar-refractivity contribution in [2.75, 3.05) is 0 Å². The summed E-state index contributed by atoms with van der Waals surface area (Å²) >= 11 is 0. The molecule has 1 fully saturated rings. The highest BCUT2D eigenvalue weighted by molar-refractivity contribution is 6.09. The van der Waals surface area contributed by atoms with Gasteiger partial charge in [0.15, 0.2) is 0 Å². The summed E-state index contributed by atoms with van der Waals surface area (Å²) in [5.74, 6) is 1.24. The Bertz CT molecular complexity index is 1490. The molecule has 0 radical (unpaired) electrons. The number of primary amides is 1. The third-order valence-electron chi connectivity index (χ3n) is 6.52. The number of carbonyl (C=O) groups excluding carboxylic acids is 1. The predicted octanol–water partition coefficient (Wildman–Crippen LogP) is 5.34. The molecule has 2 heterocycles. The van der Waals surface area contributed by atoms with Crippen molar-refractivity contribution >= 4 is 38.7 Å². The normalized spacial score (nSPS) is 14.1. The Morgan fingerprint density at radius 1 is 0.968 bits per heavy atom. The second-order valence-corrected chi connectivity index (χ2v) is 8.55. The molecule has 0 spiro atoms. The molecule has 0 atom stereocenters. The van der Waals surface area contributed by atoms with Gasteiger partial charge in [-0.15, -0.1) is 0 Å². The fourth-order valence-corrected chi connectivity index (χ4v) is 4.78. The number of rotatable bonds is 5. The van der Waals surface area contributed by atoms with Crippen LogP contribution in [0.2, 0.25) is 0 Å². The number of aryl methyl sites for hydroxylation is 1. The third kappa shape index (κ3) is 2.84. The van der Waals surface area contributed by atoms with E-state index in [1.807, 2.05) is 12.1 Å². The summed E-state index contributed by atoms with van der Waals surface area (Å²) in [4.78, 5) is 16.7. The fourth-order valence-electron chi connectivity index (χ4n) is 4.78. The van der Waals surface area contributed by atoms with Gasteiger partial charge in [0.2, 0.25) is 5.91 Å². The molecular formula is C26H24N4O. The van der Waals surface area contributed by atoms with Crippen molar-refractivity contribution in [1.29, 1.82) is 0 Å². The van der Waals surface area contributed by atoms with E-state index in [0.717, 1.165) is 35.5 Å². The van der Waals surface area contributed by atoms with E-state index >= 15 is 0 Å². The van der Waals surface area contributed by atoms with Crippen molar-refractivity contribution in [1.82, 2.24) is 14.1 Å². The van der Waals surface area contributed by atoms with Crippen LogP contribution < -0.4 is 5.73 Å². The van der Waals surface area contributed by atoms with Crippen LogP contribution in [-0.4, -0.2) is 20.0 Å². The second kappa shape index (κ2) is 6.71. The number of nitrogens with zero attached hydrogens (tertiary/aromatic N) is 3. The Labute approximate surface area is 180 Å². The van der Waals surface area contributed by atoms with E-state index in [1.54, 1.807) is 6.07 Å². The summed E-state index contributed by atoms with van der Waals surface area (Å²) in [5, 5.41) is 2.51. The van der Waals surface area contributed by atoms with Gasteiger partial charge in [0, 0.05) is 46.0 Å². The molecule has 6 rings (SSSR count). The van der Waals surface area contributed by atoms with Crippen molar-refractivity contribution in [2.45, 2.75) is 32.9 Å². The molecule has 1 amide bonds. The number of benzene rings is 3. The molecule has 2 N–H and O–H groups in total. The van der Waals surface area contributed by atoms with Crippen molar-refractivity contribution < 1.29 is 4.79 Å². The van der Waals surface area contributed by atoms with Crippen molar-refractivity contribution in [3.8, 4) is 11.4 Å². The molecule has 5 heteroatoms. The van der Waals surface area contributed by atoms with E-state index in [-0.39, 0.29) is 0 Å². The maximum absolute atomic E-state index is 11.7. The lowest BCUT2D eigenvalue weighted by Gasteiger charge is -2.09. The highest BCUT2D eigenvalue weighted by Gasteiger charge is 2.25. The molecule has 3 aromatic carbocycles. The van der Waals surface area contributed by atoms with E-state index < -0.39 is 5.91 Å². The Balaban J connectivity index is 1.60. The molecule has 1 saturated carbocycles. The van der Waals surface area contributed by atoms with Gasteiger partial charge in [-0.2, -0.15) is 0 Å². The first-order valence-electron chi connectivity index (χ1n) is 11.0. The predicted molar refractivity (Wildman–Crippen MR) is 125 cm³/mol. The molecule has 2 aromatic heterocycles. The average molecular weight is 409 g/mol. The number of hydrogen-bond acceptors (Lipinski definition) is 2. The Morgan fingerprint density at radius 2 is 1.74 bits per heavy atom. The van der Waals surface area contributed by atoms with Crippen LogP contribution in [-0.2, 0) is 13.1 Å². The highest BCUT2D eigenvalue weighted by Crippen LogP contribution is 2.37. The van der Waals surface area contributed by atoms with Crippen molar-refractivity contribution in [2.24, 2.45) is 11.7 Å². The first-order valence-corrected chi connectivity index (χ1v) is 11.0. The summed E-state index contributed by atoms with van der Waals surface area (Å²) in [6.07, 6.45) is 2.53. The van der Waals surface area contributed by atoms with Crippen molar-refractivity contribution in [3.05, 3.63) is 66.2 Å². The summed E-state index contributed by atoms with van der Waals surface area (Å²) < 4.78 is 4.68. The lowest BCUT2D eigenvalue weighted by molar-refractivity contribution is 0.100. The zero-order valence-electron chi connectivity index (χ0n) is 17.5. The number of carbonyl (C=O) groups is 1. The molecule has 5 nitrogen and oxygen atoms in total. The average Bonchev–Trinajstić information content (AvgIpc) is 3.46.